The van der Waals surface area contributed by atoms with Crippen LogP contribution in [0.1, 0.15) is 87.1 Å². The highest BCUT2D eigenvalue weighted by Crippen LogP contribution is 2.34. The van der Waals surface area contributed by atoms with Crippen LogP contribution in [-0.4, -0.2) is 81.0 Å². The molecular weight excluding hydrogens is 692 g/mol. The standard InChI is InChI=1S/C42H50N2O10/c1-7-15-33(45)41(3,4)35-21-13-19-31-29(51-31)17-9-12-24-38-44-28(26-50-38)40(48)54-36(42(5,6)34(46)16-8-2)22-14-20-32-30(52-32)18-10-11-23-37-43-27(25-49-37)39(47)53-35/h7-20,23-26,29-36,45-46H,21-22H2,1-6H3. The van der Waals surface area contributed by atoms with Crippen molar-refractivity contribution in [3.63, 3.8) is 0 Å². The first kappa shape index (κ1) is 40.3. The molecule has 4 bridgehead atoms. The maximum absolute atomic E-state index is 13.2. The number of aliphatic hydroxyl groups is 2. The Morgan fingerprint density at radius 3 is 1.43 bits per heavy atom. The number of cyclic esters (lactones) is 2. The molecule has 3 aliphatic rings. The molecular formula is C42H50N2O10. The van der Waals surface area contributed by atoms with Gasteiger partial charge in [-0.1, -0.05) is 113 Å². The van der Waals surface area contributed by atoms with Crippen LogP contribution in [0.4, 0.5) is 0 Å². The zero-order valence-corrected chi connectivity index (χ0v) is 31.5. The fraction of sp³-hybridized carbons (Fsp3) is 0.429. The molecule has 54 heavy (non-hydrogen) atoms. The van der Waals surface area contributed by atoms with Crippen LogP contribution in [-0.2, 0) is 18.9 Å². The monoisotopic (exact) mass is 742 g/mol. The lowest BCUT2D eigenvalue weighted by Gasteiger charge is -2.36. The van der Waals surface area contributed by atoms with Gasteiger partial charge in [0.05, 0.1) is 12.2 Å². The molecule has 0 radical (unpaired) electrons. The van der Waals surface area contributed by atoms with Gasteiger partial charge in [0.15, 0.2) is 11.4 Å². The van der Waals surface area contributed by atoms with E-state index in [0.717, 1.165) is 0 Å². The van der Waals surface area contributed by atoms with Crippen molar-refractivity contribution < 1.29 is 47.6 Å². The third kappa shape index (κ3) is 10.6. The second-order valence-corrected chi connectivity index (χ2v) is 14.5. The van der Waals surface area contributed by atoms with Gasteiger partial charge in [0.1, 0.15) is 49.2 Å². The number of hydrogen-bond acceptors (Lipinski definition) is 12. The molecule has 8 unspecified atom stereocenters. The topological polar surface area (TPSA) is 170 Å². The molecule has 2 fully saturated rings. The Morgan fingerprint density at radius 1 is 0.648 bits per heavy atom. The number of rotatable bonds is 6. The van der Waals surface area contributed by atoms with Crippen LogP contribution in [0.25, 0.3) is 12.2 Å². The Bertz CT molecular complexity index is 1700. The molecule has 0 aromatic carbocycles. The van der Waals surface area contributed by atoms with Crippen molar-refractivity contribution >= 4 is 24.1 Å². The molecule has 12 heteroatoms. The number of aliphatic hydroxyl groups excluding tert-OH is 2. The summed E-state index contributed by atoms with van der Waals surface area (Å²) in [4.78, 5) is 35.0. The van der Waals surface area contributed by atoms with E-state index in [0.29, 0.717) is 12.8 Å². The predicted octanol–water partition coefficient (Wildman–Crippen LogP) is 6.92. The number of fused-ring (bicyclic) bond motifs is 6. The second kappa shape index (κ2) is 18.0. The first-order chi connectivity index (χ1) is 25.8. The lowest BCUT2D eigenvalue weighted by molar-refractivity contribution is -0.0461. The Kier molecular flexibility index (Phi) is 13.4. The molecule has 12 nitrogen and oxygen atoms in total. The Labute approximate surface area is 315 Å². The van der Waals surface area contributed by atoms with Crippen LogP contribution in [0.5, 0.6) is 0 Å². The number of aromatic nitrogens is 2. The van der Waals surface area contributed by atoms with Crippen molar-refractivity contribution in [2.75, 3.05) is 0 Å². The molecule has 0 spiro atoms. The van der Waals surface area contributed by atoms with Crippen LogP contribution in [0.3, 0.4) is 0 Å². The van der Waals surface area contributed by atoms with E-state index in [1.165, 1.54) is 12.5 Å². The van der Waals surface area contributed by atoms with Crippen molar-refractivity contribution in [3.05, 3.63) is 121 Å². The normalized spacial score (nSPS) is 27.0. The minimum Gasteiger partial charge on any atom is -0.457 e. The number of oxazole rings is 2. The number of esters is 2. The summed E-state index contributed by atoms with van der Waals surface area (Å²) < 4.78 is 34.3. The van der Waals surface area contributed by atoms with Crippen molar-refractivity contribution in [1.82, 2.24) is 9.97 Å². The lowest BCUT2D eigenvalue weighted by Crippen LogP contribution is -2.42. The summed E-state index contributed by atoms with van der Waals surface area (Å²) in [6.45, 7) is 11.0. The quantitative estimate of drug-likeness (QED) is 0.178. The SMILES string of the molecule is CC=CC(O)C(C)(C)C1CC=CC2OC2C=CC=Cc2nc(co2)C(=O)OC(C(C)(C)C(O)C=CC)CC=CC2OC2C=CC=Cc2nc(co2)C(=O)O1. The summed E-state index contributed by atoms with van der Waals surface area (Å²) in [6.07, 6.45) is 27.7. The van der Waals surface area contributed by atoms with Gasteiger partial charge in [-0.3, -0.25) is 0 Å². The number of carbonyl (C=O) groups excluding carboxylic acids is 2. The van der Waals surface area contributed by atoms with Crippen LogP contribution >= 0.6 is 0 Å². The van der Waals surface area contributed by atoms with E-state index in [1.807, 2.05) is 78.0 Å². The van der Waals surface area contributed by atoms with E-state index in [9.17, 15) is 19.8 Å². The average molecular weight is 743 g/mol. The minimum atomic E-state index is -0.874. The second-order valence-electron chi connectivity index (χ2n) is 14.5. The molecule has 0 amide bonds. The van der Waals surface area contributed by atoms with Gasteiger partial charge in [-0.05, 0) is 13.8 Å². The maximum atomic E-state index is 13.2. The summed E-state index contributed by atoms with van der Waals surface area (Å²) in [5, 5.41) is 21.8. The van der Waals surface area contributed by atoms with Crippen molar-refractivity contribution in [1.29, 1.82) is 0 Å². The van der Waals surface area contributed by atoms with Crippen LogP contribution in [0.15, 0.2) is 106 Å². The smallest absolute Gasteiger partial charge is 0.360 e. The average Bonchev–Trinajstić information content (AvgIpc) is 3.93. The first-order valence-electron chi connectivity index (χ1n) is 18.1. The number of allylic oxidation sites excluding steroid dienone is 6. The Balaban J connectivity index is 1.35. The zero-order chi connectivity index (χ0) is 38.9. The predicted molar refractivity (Wildman–Crippen MR) is 202 cm³/mol. The Morgan fingerprint density at radius 2 is 1.04 bits per heavy atom. The third-order valence-corrected chi connectivity index (χ3v) is 9.67. The zero-order valence-electron chi connectivity index (χ0n) is 31.5. The molecule has 2 saturated heterocycles. The fourth-order valence-corrected chi connectivity index (χ4v) is 5.73. The highest BCUT2D eigenvalue weighted by Gasteiger charge is 2.40. The van der Waals surface area contributed by atoms with Gasteiger partial charge in [0, 0.05) is 35.8 Å². The Hall–Kier alpha value is -4.88. The molecule has 0 saturated carbocycles. The summed E-state index contributed by atoms with van der Waals surface area (Å²) in [7, 11) is 0. The molecule has 3 aliphatic heterocycles. The van der Waals surface area contributed by atoms with Gasteiger partial charge in [-0.2, -0.15) is 0 Å². The maximum Gasteiger partial charge on any atom is 0.360 e. The van der Waals surface area contributed by atoms with Gasteiger partial charge in [0.2, 0.25) is 11.8 Å². The number of carbonyl (C=O) groups is 2. The number of ether oxygens (including phenoxy) is 4. The first-order valence-corrected chi connectivity index (χ1v) is 18.1. The van der Waals surface area contributed by atoms with E-state index >= 15 is 0 Å². The highest BCUT2D eigenvalue weighted by atomic mass is 16.6. The summed E-state index contributed by atoms with van der Waals surface area (Å²) in [5.41, 5.74) is -1.65. The van der Waals surface area contributed by atoms with Crippen LogP contribution in [0, 0.1) is 10.8 Å². The number of hydrogen-bond donors (Lipinski definition) is 2. The molecule has 2 aromatic rings. The van der Waals surface area contributed by atoms with Gasteiger partial charge in [-0.25, -0.2) is 19.6 Å². The van der Waals surface area contributed by atoms with Crippen LogP contribution in [0.2, 0.25) is 0 Å². The highest BCUT2D eigenvalue weighted by molar-refractivity contribution is 5.87. The summed E-state index contributed by atoms with van der Waals surface area (Å²) in [6, 6.07) is 0. The number of epoxide rings is 2. The largest absolute Gasteiger partial charge is 0.457 e. The van der Waals surface area contributed by atoms with E-state index < -0.39 is 47.2 Å². The molecule has 8 atom stereocenters. The van der Waals surface area contributed by atoms with Gasteiger partial charge in [0.25, 0.3) is 0 Å². The van der Waals surface area contributed by atoms with Crippen molar-refractivity contribution in [2.24, 2.45) is 10.8 Å². The number of nitrogens with zero attached hydrogens (tertiary/aromatic N) is 2. The van der Waals surface area contributed by atoms with E-state index in [4.69, 9.17) is 27.8 Å². The van der Waals surface area contributed by atoms with Crippen LogP contribution < -0.4 is 0 Å². The van der Waals surface area contributed by atoms with E-state index in [1.54, 1.807) is 60.8 Å². The van der Waals surface area contributed by atoms with Gasteiger partial charge in [-0.15, -0.1) is 0 Å². The molecule has 5 heterocycles. The molecule has 288 valence electrons. The van der Waals surface area contributed by atoms with Crippen molar-refractivity contribution in [3.8, 4) is 0 Å². The van der Waals surface area contributed by atoms with Gasteiger partial charge < -0.3 is 38.0 Å². The summed E-state index contributed by atoms with van der Waals surface area (Å²) >= 11 is 0. The van der Waals surface area contributed by atoms with E-state index in [2.05, 4.69) is 9.97 Å². The third-order valence-electron chi connectivity index (χ3n) is 9.67. The fourth-order valence-electron chi connectivity index (χ4n) is 5.73. The van der Waals surface area contributed by atoms with Crippen molar-refractivity contribution in [2.45, 2.75) is 103 Å². The minimum absolute atomic E-state index is 0.00877. The molecule has 0 aliphatic carbocycles. The van der Waals surface area contributed by atoms with Gasteiger partial charge >= 0.3 is 11.9 Å². The lowest BCUT2D eigenvalue weighted by atomic mass is 9.79. The summed E-state index contributed by atoms with van der Waals surface area (Å²) in [5.74, 6) is -0.902. The molecule has 5 rings (SSSR count). The molecule has 2 N–H and O–H groups in total. The van der Waals surface area contributed by atoms with E-state index in [-0.39, 0.29) is 47.6 Å². The molecule has 2 aromatic heterocycles.